The zero-order valence-electron chi connectivity index (χ0n) is 9.82. The molecule has 1 amide bonds. The molecule has 10 heteroatoms. The Morgan fingerprint density at radius 1 is 1.24 bits per heavy atom. The molecule has 1 atom stereocenters. The van der Waals surface area contributed by atoms with Gasteiger partial charge < -0.3 is 24.2 Å². The molecule has 0 aromatic carbocycles. The lowest BCUT2D eigenvalue weighted by molar-refractivity contribution is -0.119. The third-order valence-corrected chi connectivity index (χ3v) is 6.05. The largest absolute Gasteiger partial charge is 0.365 e. The van der Waals surface area contributed by atoms with Crippen molar-refractivity contribution in [2.24, 2.45) is 0 Å². The molecular weight excluding hydrogens is 272 g/mol. The van der Waals surface area contributed by atoms with E-state index in [4.69, 9.17) is 18.8 Å². The average molecular weight is 289 g/mol. The van der Waals surface area contributed by atoms with Gasteiger partial charge >= 0.3 is 15.2 Å². The zero-order chi connectivity index (χ0) is 13.7. The standard InChI is InChI=1S/C7H17NO7P2/c1-4-14-17(13,15-5-2)7(8-6(3)9)16(10,11)12/h7H,4-5H2,1-3H3,(H,8,9)(H2,10,11,12). The van der Waals surface area contributed by atoms with E-state index in [1.54, 1.807) is 0 Å². The molecule has 0 spiro atoms. The van der Waals surface area contributed by atoms with Gasteiger partial charge in [-0.3, -0.25) is 13.9 Å². The van der Waals surface area contributed by atoms with E-state index in [0.717, 1.165) is 6.92 Å². The summed E-state index contributed by atoms with van der Waals surface area (Å²) < 4.78 is 32.9. The summed E-state index contributed by atoms with van der Waals surface area (Å²) in [5.41, 5.74) is -1.98. The number of carbonyl (C=O) groups excluding carboxylic acids is 1. The van der Waals surface area contributed by atoms with E-state index in [1.165, 1.54) is 13.8 Å². The first-order valence-corrected chi connectivity index (χ1v) is 8.17. The van der Waals surface area contributed by atoms with Gasteiger partial charge in [-0.05, 0) is 13.8 Å². The van der Waals surface area contributed by atoms with E-state index < -0.39 is 26.6 Å². The quantitative estimate of drug-likeness (QED) is 0.594. The molecule has 0 aromatic heterocycles. The van der Waals surface area contributed by atoms with Crippen molar-refractivity contribution >= 4 is 21.1 Å². The second kappa shape index (κ2) is 6.64. The summed E-state index contributed by atoms with van der Waals surface area (Å²) in [6.45, 7) is 3.91. The lowest BCUT2D eigenvalue weighted by Gasteiger charge is -2.26. The molecule has 17 heavy (non-hydrogen) atoms. The highest BCUT2D eigenvalue weighted by atomic mass is 31.2. The molecule has 0 heterocycles. The summed E-state index contributed by atoms with van der Waals surface area (Å²) in [4.78, 5) is 29.0. The van der Waals surface area contributed by atoms with Crippen LogP contribution in [0, 0.1) is 0 Å². The van der Waals surface area contributed by atoms with E-state index in [0.29, 0.717) is 0 Å². The van der Waals surface area contributed by atoms with Gasteiger partial charge in [-0.2, -0.15) is 0 Å². The number of rotatable bonds is 7. The van der Waals surface area contributed by atoms with Crippen LogP contribution in [0.5, 0.6) is 0 Å². The Kier molecular flexibility index (Phi) is 6.55. The van der Waals surface area contributed by atoms with Crippen molar-refractivity contribution in [3.63, 3.8) is 0 Å². The van der Waals surface area contributed by atoms with E-state index >= 15 is 0 Å². The SMILES string of the molecule is CCOP(=O)(OCC)C(NC(C)=O)P(=O)(O)O. The zero-order valence-corrected chi connectivity index (χ0v) is 11.6. The molecule has 1 unspecified atom stereocenters. The molecule has 0 bridgehead atoms. The van der Waals surface area contributed by atoms with Crippen LogP contribution in [-0.2, 0) is 23.0 Å². The highest BCUT2D eigenvalue weighted by molar-refractivity contribution is 7.71. The van der Waals surface area contributed by atoms with Crippen LogP contribution in [0.2, 0.25) is 0 Å². The molecular formula is C7H17NO7P2. The van der Waals surface area contributed by atoms with Crippen LogP contribution in [-0.4, -0.2) is 34.4 Å². The normalized spacial score (nSPS) is 14.4. The minimum Gasteiger partial charge on any atom is -0.332 e. The van der Waals surface area contributed by atoms with E-state index in [2.05, 4.69) is 0 Å². The Hall–Kier alpha value is -0.230. The summed E-state index contributed by atoms with van der Waals surface area (Å²) in [5.74, 6) is -0.738. The van der Waals surface area contributed by atoms with Crippen LogP contribution in [0.1, 0.15) is 20.8 Å². The van der Waals surface area contributed by atoms with Crippen molar-refractivity contribution in [3.05, 3.63) is 0 Å². The number of carbonyl (C=O) groups is 1. The van der Waals surface area contributed by atoms with Gasteiger partial charge in [0, 0.05) is 6.92 Å². The van der Waals surface area contributed by atoms with Gasteiger partial charge in [0.2, 0.25) is 11.4 Å². The Morgan fingerprint density at radius 3 is 1.88 bits per heavy atom. The van der Waals surface area contributed by atoms with Gasteiger partial charge in [0.1, 0.15) is 0 Å². The van der Waals surface area contributed by atoms with Gasteiger partial charge in [-0.15, -0.1) is 0 Å². The van der Waals surface area contributed by atoms with Gasteiger partial charge in [0.25, 0.3) is 0 Å². The molecule has 0 saturated heterocycles. The number of hydrogen-bond donors (Lipinski definition) is 3. The van der Waals surface area contributed by atoms with Crippen LogP contribution < -0.4 is 5.32 Å². The van der Waals surface area contributed by atoms with Crippen molar-refractivity contribution < 1.29 is 32.8 Å². The molecule has 0 radical (unpaired) electrons. The van der Waals surface area contributed by atoms with Crippen molar-refractivity contribution in [1.29, 1.82) is 0 Å². The Balaban J connectivity index is 5.29. The molecule has 0 aliphatic heterocycles. The smallest absolute Gasteiger partial charge is 0.332 e. The fourth-order valence-corrected chi connectivity index (χ4v) is 4.71. The summed E-state index contributed by atoms with van der Waals surface area (Å²) in [6.07, 6.45) is 0. The Morgan fingerprint density at radius 2 is 1.65 bits per heavy atom. The average Bonchev–Trinajstić information content (AvgIpc) is 2.13. The molecule has 102 valence electrons. The maximum absolute atomic E-state index is 12.1. The molecule has 0 saturated carbocycles. The Labute approximate surface area is 99.4 Å². The second-order valence-corrected chi connectivity index (χ2v) is 7.25. The maximum atomic E-state index is 12.1. The molecule has 0 aliphatic carbocycles. The monoisotopic (exact) mass is 289 g/mol. The molecule has 0 aliphatic rings. The van der Waals surface area contributed by atoms with E-state index in [-0.39, 0.29) is 13.2 Å². The highest BCUT2D eigenvalue weighted by Crippen LogP contribution is 2.64. The predicted molar refractivity (Wildman–Crippen MR) is 60.5 cm³/mol. The van der Waals surface area contributed by atoms with Crippen molar-refractivity contribution in [1.82, 2.24) is 5.32 Å². The van der Waals surface area contributed by atoms with Crippen LogP contribution >= 0.6 is 15.2 Å². The first-order chi connectivity index (χ1) is 7.67. The third kappa shape index (κ3) is 5.29. The molecule has 0 fully saturated rings. The van der Waals surface area contributed by atoms with Crippen molar-refractivity contribution in [2.75, 3.05) is 13.2 Å². The van der Waals surface area contributed by atoms with Crippen LogP contribution in [0.3, 0.4) is 0 Å². The second-order valence-electron chi connectivity index (χ2n) is 3.04. The molecule has 0 aromatic rings. The molecule has 0 rings (SSSR count). The maximum Gasteiger partial charge on any atom is 0.365 e. The fourth-order valence-electron chi connectivity index (χ4n) is 1.07. The first-order valence-electron chi connectivity index (χ1n) is 4.88. The fraction of sp³-hybridized carbons (Fsp3) is 0.857. The topological polar surface area (TPSA) is 122 Å². The lowest BCUT2D eigenvalue weighted by atomic mass is 10.7. The number of hydrogen-bond acceptors (Lipinski definition) is 5. The first kappa shape index (κ1) is 16.8. The summed E-state index contributed by atoms with van der Waals surface area (Å²) in [7, 11) is -8.96. The van der Waals surface area contributed by atoms with Crippen LogP contribution in [0.25, 0.3) is 0 Å². The van der Waals surface area contributed by atoms with Crippen molar-refractivity contribution in [2.45, 2.75) is 26.3 Å². The van der Waals surface area contributed by atoms with Gasteiger partial charge in [-0.1, -0.05) is 0 Å². The number of amides is 1. The minimum atomic E-state index is -4.86. The third-order valence-electron chi connectivity index (χ3n) is 1.57. The summed E-state index contributed by atoms with van der Waals surface area (Å²) in [6, 6.07) is 0. The molecule has 3 N–H and O–H groups in total. The van der Waals surface area contributed by atoms with E-state index in [1.807, 2.05) is 5.32 Å². The van der Waals surface area contributed by atoms with Crippen LogP contribution in [0.15, 0.2) is 0 Å². The predicted octanol–water partition coefficient (Wildman–Crippen LogP) is 0.850. The Bertz CT molecular complexity index is 342. The van der Waals surface area contributed by atoms with Crippen molar-refractivity contribution in [3.8, 4) is 0 Å². The van der Waals surface area contributed by atoms with Gasteiger partial charge in [0.05, 0.1) is 13.2 Å². The minimum absolute atomic E-state index is 0.0621. The summed E-state index contributed by atoms with van der Waals surface area (Å²) >= 11 is 0. The van der Waals surface area contributed by atoms with Crippen LogP contribution in [0.4, 0.5) is 0 Å². The van der Waals surface area contributed by atoms with E-state index in [9.17, 15) is 13.9 Å². The van der Waals surface area contributed by atoms with Gasteiger partial charge in [0.15, 0.2) is 0 Å². The highest BCUT2D eigenvalue weighted by Gasteiger charge is 2.48. The summed E-state index contributed by atoms with van der Waals surface area (Å²) in [5, 5.41) is 1.91. The number of nitrogens with one attached hydrogen (secondary N) is 1. The molecule has 8 nitrogen and oxygen atoms in total. The van der Waals surface area contributed by atoms with Gasteiger partial charge in [-0.25, -0.2) is 0 Å². The lowest BCUT2D eigenvalue weighted by Crippen LogP contribution is -2.34.